The van der Waals surface area contributed by atoms with Crippen molar-refractivity contribution in [3.8, 4) is 0 Å². The van der Waals surface area contributed by atoms with Crippen molar-refractivity contribution >= 4 is 23.1 Å². The van der Waals surface area contributed by atoms with Crippen LogP contribution in [0.4, 0.5) is 5.69 Å². The maximum Gasteiger partial charge on any atom is 0.232 e. The van der Waals surface area contributed by atoms with Crippen LogP contribution in [-0.2, 0) is 6.54 Å². The van der Waals surface area contributed by atoms with E-state index in [-0.39, 0.29) is 5.78 Å². The normalized spacial score (nSPS) is 10.5. The Labute approximate surface area is 104 Å². The minimum absolute atomic E-state index is 0.250. The third-order valence-electron chi connectivity index (χ3n) is 2.53. The number of nitrogens with zero attached hydrogens (tertiary/aromatic N) is 2. The van der Waals surface area contributed by atoms with E-state index in [0.717, 1.165) is 0 Å². The Morgan fingerprint density at radius 3 is 2.94 bits per heavy atom. The Morgan fingerprint density at radius 2 is 2.29 bits per heavy atom. The molecule has 0 bridgehead atoms. The van der Waals surface area contributed by atoms with E-state index >= 15 is 0 Å². The van der Waals surface area contributed by atoms with Gasteiger partial charge < -0.3 is 10.3 Å². The molecule has 5 heteroatoms. The average molecular weight is 250 g/mol. The highest BCUT2D eigenvalue weighted by Crippen LogP contribution is 2.24. The molecule has 0 radical (unpaired) electrons. The van der Waals surface area contributed by atoms with Gasteiger partial charge >= 0.3 is 0 Å². The zero-order valence-electron chi connectivity index (χ0n) is 9.35. The average Bonchev–Trinajstić information content (AvgIpc) is 2.76. The Kier molecular flexibility index (Phi) is 3.15. The van der Waals surface area contributed by atoms with Gasteiger partial charge in [-0.15, -0.1) is 0 Å². The lowest BCUT2D eigenvalue weighted by molar-refractivity contribution is 0.102. The predicted molar refractivity (Wildman–Crippen MR) is 67.2 cm³/mol. The summed E-state index contributed by atoms with van der Waals surface area (Å²) in [6.07, 6.45) is 3.34. The first-order valence-electron chi connectivity index (χ1n) is 5.25. The molecule has 1 aromatic heterocycles. The van der Waals surface area contributed by atoms with Crippen LogP contribution in [0.15, 0.2) is 30.6 Å². The molecule has 2 N–H and O–H groups in total. The number of halogens is 1. The minimum atomic E-state index is -0.250. The van der Waals surface area contributed by atoms with Gasteiger partial charge in [0.15, 0.2) is 5.82 Å². The van der Waals surface area contributed by atoms with Gasteiger partial charge in [-0.3, -0.25) is 4.79 Å². The molecule has 0 amide bonds. The maximum absolute atomic E-state index is 12.3. The van der Waals surface area contributed by atoms with Crippen molar-refractivity contribution in [1.29, 1.82) is 0 Å². The number of ketones is 1. The fourth-order valence-electron chi connectivity index (χ4n) is 1.67. The van der Waals surface area contributed by atoms with Crippen molar-refractivity contribution < 1.29 is 4.79 Å². The number of nitrogens with two attached hydrogens (primary N) is 1. The van der Waals surface area contributed by atoms with Crippen LogP contribution in [0, 0.1) is 0 Å². The molecule has 2 rings (SSSR count). The second-order valence-electron chi connectivity index (χ2n) is 3.57. The van der Waals surface area contributed by atoms with Crippen LogP contribution >= 0.6 is 11.6 Å². The summed E-state index contributed by atoms with van der Waals surface area (Å²) in [5.41, 5.74) is 6.46. The molecule has 1 heterocycles. The van der Waals surface area contributed by atoms with Gasteiger partial charge in [0, 0.05) is 24.6 Å². The number of rotatable bonds is 3. The van der Waals surface area contributed by atoms with E-state index in [4.69, 9.17) is 17.3 Å². The zero-order chi connectivity index (χ0) is 12.4. The van der Waals surface area contributed by atoms with E-state index in [2.05, 4.69) is 4.98 Å². The third-order valence-corrected chi connectivity index (χ3v) is 2.85. The first-order chi connectivity index (χ1) is 8.15. The zero-order valence-corrected chi connectivity index (χ0v) is 10.1. The molecule has 88 valence electrons. The number of imidazole rings is 1. The number of carbonyl (C=O) groups excluding carboxylic acids is 1. The van der Waals surface area contributed by atoms with Crippen molar-refractivity contribution in [3.63, 3.8) is 0 Å². The summed E-state index contributed by atoms with van der Waals surface area (Å²) in [5, 5.41) is 0.348. The number of hydrogen-bond acceptors (Lipinski definition) is 3. The molecule has 17 heavy (non-hydrogen) atoms. The smallest absolute Gasteiger partial charge is 0.232 e. The monoisotopic (exact) mass is 249 g/mol. The third kappa shape index (κ3) is 2.03. The molecule has 0 saturated carbocycles. The first kappa shape index (κ1) is 11.7. The quantitative estimate of drug-likeness (QED) is 0.671. The van der Waals surface area contributed by atoms with Crippen molar-refractivity contribution in [2.75, 3.05) is 5.73 Å². The Balaban J connectivity index is 2.51. The molecule has 2 aromatic rings. The minimum Gasteiger partial charge on any atom is -0.398 e. The highest BCUT2D eigenvalue weighted by atomic mass is 35.5. The first-order valence-corrected chi connectivity index (χ1v) is 5.62. The highest BCUT2D eigenvalue weighted by molar-refractivity contribution is 6.35. The lowest BCUT2D eigenvalue weighted by atomic mass is 10.1. The topological polar surface area (TPSA) is 60.9 Å². The van der Waals surface area contributed by atoms with Crippen LogP contribution in [0.5, 0.6) is 0 Å². The summed E-state index contributed by atoms with van der Waals surface area (Å²) >= 11 is 6.00. The standard InChI is InChI=1S/C12H12ClN3O/c1-2-16-7-6-15-12(16)11(17)10-8(13)4-3-5-9(10)14/h3-7H,2,14H2,1H3. The number of nitrogen functional groups attached to an aromatic ring is 1. The number of aryl methyl sites for hydroxylation is 1. The molecule has 1 aromatic carbocycles. The van der Waals surface area contributed by atoms with E-state index in [0.29, 0.717) is 28.6 Å². The van der Waals surface area contributed by atoms with Gasteiger partial charge in [0.05, 0.1) is 10.6 Å². The summed E-state index contributed by atoms with van der Waals surface area (Å²) in [5.74, 6) is 0.104. The van der Waals surface area contributed by atoms with Crippen LogP contribution < -0.4 is 5.73 Å². The van der Waals surface area contributed by atoms with Crippen molar-refractivity contribution in [1.82, 2.24) is 9.55 Å². The largest absolute Gasteiger partial charge is 0.398 e. The van der Waals surface area contributed by atoms with Gasteiger partial charge in [0.1, 0.15) is 0 Å². The second kappa shape index (κ2) is 4.59. The Morgan fingerprint density at radius 1 is 1.53 bits per heavy atom. The van der Waals surface area contributed by atoms with Crippen LogP contribution in [0.1, 0.15) is 23.1 Å². The summed E-state index contributed by atoms with van der Waals surface area (Å²) in [6, 6.07) is 5.00. The van der Waals surface area contributed by atoms with Gasteiger partial charge in [-0.2, -0.15) is 0 Å². The number of carbonyl (C=O) groups is 1. The lowest BCUT2D eigenvalue weighted by Gasteiger charge is -2.07. The molecule has 0 fully saturated rings. The number of aromatic nitrogens is 2. The molecule has 0 aliphatic carbocycles. The fraction of sp³-hybridized carbons (Fsp3) is 0.167. The van der Waals surface area contributed by atoms with Gasteiger partial charge in [0.2, 0.25) is 5.78 Å². The molecule has 4 nitrogen and oxygen atoms in total. The Hall–Kier alpha value is -1.81. The van der Waals surface area contributed by atoms with Crippen molar-refractivity contribution in [2.45, 2.75) is 13.5 Å². The molecule has 0 aliphatic heterocycles. The van der Waals surface area contributed by atoms with Gasteiger partial charge in [-0.1, -0.05) is 17.7 Å². The van der Waals surface area contributed by atoms with E-state index in [1.807, 2.05) is 6.92 Å². The highest BCUT2D eigenvalue weighted by Gasteiger charge is 2.19. The van der Waals surface area contributed by atoms with Crippen LogP contribution in [0.2, 0.25) is 5.02 Å². The van der Waals surface area contributed by atoms with E-state index < -0.39 is 0 Å². The number of anilines is 1. The SMILES string of the molecule is CCn1ccnc1C(=O)c1c(N)cccc1Cl. The maximum atomic E-state index is 12.3. The lowest BCUT2D eigenvalue weighted by Crippen LogP contribution is -2.12. The summed E-state index contributed by atoms with van der Waals surface area (Å²) in [7, 11) is 0. The predicted octanol–water partition coefficient (Wildman–Crippen LogP) is 2.37. The van der Waals surface area contributed by atoms with Gasteiger partial charge in [0.25, 0.3) is 0 Å². The van der Waals surface area contributed by atoms with Gasteiger partial charge in [-0.05, 0) is 19.1 Å². The molecular weight excluding hydrogens is 238 g/mol. The van der Waals surface area contributed by atoms with Crippen LogP contribution in [0.3, 0.4) is 0 Å². The summed E-state index contributed by atoms with van der Waals surface area (Å²) in [4.78, 5) is 16.3. The van der Waals surface area contributed by atoms with Crippen LogP contribution in [-0.4, -0.2) is 15.3 Å². The molecular formula is C12H12ClN3O. The summed E-state index contributed by atoms with van der Waals surface area (Å²) in [6.45, 7) is 2.61. The number of hydrogen-bond donors (Lipinski definition) is 1. The van der Waals surface area contributed by atoms with Crippen LogP contribution in [0.25, 0.3) is 0 Å². The Bertz CT molecular complexity index is 542. The molecule has 0 saturated heterocycles. The van der Waals surface area contributed by atoms with Gasteiger partial charge in [-0.25, -0.2) is 4.98 Å². The summed E-state index contributed by atoms with van der Waals surface area (Å²) < 4.78 is 1.76. The fourth-order valence-corrected chi connectivity index (χ4v) is 1.93. The number of benzene rings is 1. The molecule has 0 atom stereocenters. The van der Waals surface area contributed by atoms with E-state index in [1.165, 1.54) is 0 Å². The molecule has 0 unspecified atom stereocenters. The van der Waals surface area contributed by atoms with E-state index in [9.17, 15) is 4.79 Å². The molecule has 0 aliphatic rings. The van der Waals surface area contributed by atoms with Crippen molar-refractivity contribution in [3.05, 3.63) is 47.0 Å². The van der Waals surface area contributed by atoms with Crippen molar-refractivity contribution in [2.24, 2.45) is 0 Å². The second-order valence-corrected chi connectivity index (χ2v) is 3.98. The molecule has 0 spiro atoms. The van der Waals surface area contributed by atoms with E-state index in [1.54, 1.807) is 35.2 Å².